The van der Waals surface area contributed by atoms with E-state index in [0.29, 0.717) is 10.8 Å². The molecule has 0 fully saturated rings. The Balaban J connectivity index is 2.01. The van der Waals surface area contributed by atoms with E-state index < -0.39 is 6.10 Å². The zero-order valence-electron chi connectivity index (χ0n) is 11.5. The van der Waals surface area contributed by atoms with Crippen LogP contribution in [0.5, 0.6) is 5.75 Å². The van der Waals surface area contributed by atoms with E-state index in [1.165, 1.54) is 0 Å². The highest BCUT2D eigenvalue weighted by Crippen LogP contribution is 2.28. The summed E-state index contributed by atoms with van der Waals surface area (Å²) in [6.07, 6.45) is -0.511. The van der Waals surface area contributed by atoms with Gasteiger partial charge in [-0.3, -0.25) is 0 Å². The lowest BCUT2D eigenvalue weighted by atomic mass is 10.1. The molecule has 1 atom stereocenters. The van der Waals surface area contributed by atoms with Crippen LogP contribution in [0, 0.1) is 6.92 Å². The summed E-state index contributed by atoms with van der Waals surface area (Å²) in [6, 6.07) is 13.4. The smallest absolute Gasteiger partial charge is 0.121 e. The fourth-order valence-corrected chi connectivity index (χ4v) is 3.12. The van der Waals surface area contributed by atoms with Crippen LogP contribution in [-0.2, 0) is 0 Å². The predicted molar refractivity (Wildman–Crippen MR) is 84.9 cm³/mol. The lowest BCUT2D eigenvalue weighted by molar-refractivity contribution is 0.204. The van der Waals surface area contributed by atoms with E-state index in [0.717, 1.165) is 21.8 Å². The van der Waals surface area contributed by atoms with Crippen molar-refractivity contribution in [1.82, 2.24) is 0 Å². The molecule has 4 heteroatoms. The van der Waals surface area contributed by atoms with Crippen molar-refractivity contribution >= 4 is 23.4 Å². The molecule has 0 radical (unpaired) electrons. The lowest BCUT2D eigenvalue weighted by Crippen LogP contribution is -2.01. The van der Waals surface area contributed by atoms with Gasteiger partial charge in [-0.25, -0.2) is 0 Å². The molecule has 2 aromatic carbocycles. The lowest BCUT2D eigenvalue weighted by Gasteiger charge is -2.13. The van der Waals surface area contributed by atoms with Gasteiger partial charge in [-0.05, 0) is 48.4 Å². The van der Waals surface area contributed by atoms with Crippen molar-refractivity contribution < 1.29 is 9.84 Å². The molecule has 0 bridgehead atoms. The molecular weight excluding hydrogens is 292 g/mol. The molecule has 0 aromatic heterocycles. The number of aliphatic hydroxyl groups is 1. The highest BCUT2D eigenvalue weighted by Gasteiger charge is 2.10. The zero-order valence-corrected chi connectivity index (χ0v) is 13.0. The molecule has 1 unspecified atom stereocenters. The van der Waals surface area contributed by atoms with E-state index in [1.807, 2.05) is 49.4 Å². The Bertz CT molecular complexity index is 586. The van der Waals surface area contributed by atoms with Gasteiger partial charge in [0.15, 0.2) is 0 Å². The number of methoxy groups -OCH3 is 1. The third-order valence-electron chi connectivity index (χ3n) is 3.01. The quantitative estimate of drug-likeness (QED) is 0.826. The van der Waals surface area contributed by atoms with Gasteiger partial charge >= 0.3 is 0 Å². The minimum Gasteiger partial charge on any atom is -0.496 e. The summed E-state index contributed by atoms with van der Waals surface area (Å²) in [5.74, 6) is 1.43. The second-order valence-electron chi connectivity index (χ2n) is 4.51. The predicted octanol–water partition coefficient (Wildman–Crippen LogP) is 4.48. The van der Waals surface area contributed by atoms with Crippen LogP contribution >= 0.6 is 23.4 Å². The fraction of sp³-hybridized carbons (Fsp3) is 0.250. The highest BCUT2D eigenvalue weighted by molar-refractivity contribution is 7.99. The average molecular weight is 309 g/mol. The fourth-order valence-electron chi connectivity index (χ4n) is 1.94. The van der Waals surface area contributed by atoms with Gasteiger partial charge in [0.1, 0.15) is 5.75 Å². The van der Waals surface area contributed by atoms with Gasteiger partial charge in [0.25, 0.3) is 0 Å². The number of thioether (sulfide) groups is 1. The third-order valence-corrected chi connectivity index (χ3v) is 4.31. The second-order valence-corrected chi connectivity index (χ2v) is 6.04. The maximum atomic E-state index is 10.2. The minimum absolute atomic E-state index is 0.511. The van der Waals surface area contributed by atoms with E-state index in [1.54, 1.807) is 18.9 Å². The molecule has 2 nitrogen and oxygen atoms in total. The van der Waals surface area contributed by atoms with E-state index in [2.05, 4.69) is 0 Å². The van der Waals surface area contributed by atoms with Gasteiger partial charge in [-0.1, -0.05) is 23.7 Å². The number of ether oxygens (including phenoxy) is 1. The molecule has 0 aliphatic rings. The Labute approximate surface area is 128 Å². The average Bonchev–Trinajstić information content (AvgIpc) is 2.44. The minimum atomic E-state index is -0.511. The number of rotatable bonds is 5. The standard InChI is InChI=1S/C16H17ClO2S/c1-11-8-12(6-7-16(11)19-2)15(18)10-20-14-5-3-4-13(17)9-14/h3-9,15,18H,10H2,1-2H3. The Hall–Kier alpha value is -1.16. The van der Waals surface area contributed by atoms with Crippen molar-refractivity contribution in [2.24, 2.45) is 0 Å². The van der Waals surface area contributed by atoms with Crippen molar-refractivity contribution in [2.75, 3.05) is 12.9 Å². The summed E-state index contributed by atoms with van der Waals surface area (Å²) >= 11 is 7.53. The second kappa shape index (κ2) is 7.02. The summed E-state index contributed by atoms with van der Waals surface area (Å²) < 4.78 is 5.22. The van der Waals surface area contributed by atoms with E-state index in [-0.39, 0.29) is 0 Å². The molecule has 1 N–H and O–H groups in total. The summed E-state index contributed by atoms with van der Waals surface area (Å²) in [5, 5.41) is 11.0. The largest absolute Gasteiger partial charge is 0.496 e. The van der Waals surface area contributed by atoms with Gasteiger partial charge in [0.2, 0.25) is 0 Å². The van der Waals surface area contributed by atoms with Crippen LogP contribution < -0.4 is 4.74 Å². The molecule has 0 heterocycles. The summed E-state index contributed by atoms with van der Waals surface area (Å²) in [4.78, 5) is 1.06. The summed E-state index contributed by atoms with van der Waals surface area (Å²) in [5.41, 5.74) is 1.93. The van der Waals surface area contributed by atoms with Gasteiger partial charge in [0.05, 0.1) is 13.2 Å². The molecule has 0 aliphatic heterocycles. The highest BCUT2D eigenvalue weighted by atomic mass is 35.5. The molecule has 0 aliphatic carbocycles. The van der Waals surface area contributed by atoms with Crippen molar-refractivity contribution in [2.45, 2.75) is 17.9 Å². The number of benzene rings is 2. The zero-order chi connectivity index (χ0) is 14.5. The van der Waals surface area contributed by atoms with E-state index in [9.17, 15) is 5.11 Å². The van der Waals surface area contributed by atoms with Gasteiger partial charge < -0.3 is 9.84 Å². The van der Waals surface area contributed by atoms with Crippen molar-refractivity contribution in [3.8, 4) is 5.75 Å². The SMILES string of the molecule is COc1ccc(C(O)CSc2cccc(Cl)c2)cc1C. The normalized spacial score (nSPS) is 12.2. The first-order chi connectivity index (χ1) is 9.60. The Morgan fingerprint density at radius 1 is 1.25 bits per heavy atom. The number of aryl methyl sites for hydroxylation is 1. The number of hydrogen-bond donors (Lipinski definition) is 1. The topological polar surface area (TPSA) is 29.5 Å². The Morgan fingerprint density at radius 3 is 2.70 bits per heavy atom. The molecular formula is C16H17ClO2S. The summed E-state index contributed by atoms with van der Waals surface area (Å²) in [7, 11) is 1.65. The van der Waals surface area contributed by atoms with Crippen LogP contribution in [0.4, 0.5) is 0 Å². The van der Waals surface area contributed by atoms with Crippen molar-refractivity contribution in [3.05, 3.63) is 58.6 Å². The monoisotopic (exact) mass is 308 g/mol. The van der Waals surface area contributed by atoms with E-state index in [4.69, 9.17) is 16.3 Å². The molecule has 106 valence electrons. The molecule has 0 amide bonds. The maximum absolute atomic E-state index is 10.2. The van der Waals surface area contributed by atoms with Crippen LogP contribution in [-0.4, -0.2) is 18.0 Å². The molecule has 0 saturated carbocycles. The van der Waals surface area contributed by atoms with Crippen LogP contribution in [0.15, 0.2) is 47.4 Å². The maximum Gasteiger partial charge on any atom is 0.121 e. The number of halogens is 1. The van der Waals surface area contributed by atoms with Crippen molar-refractivity contribution in [1.29, 1.82) is 0 Å². The summed E-state index contributed by atoms with van der Waals surface area (Å²) in [6.45, 7) is 1.97. The Kier molecular flexibility index (Phi) is 5.35. The number of aliphatic hydroxyl groups excluding tert-OH is 1. The first kappa shape index (κ1) is 15.2. The molecule has 20 heavy (non-hydrogen) atoms. The van der Waals surface area contributed by atoms with Gasteiger partial charge in [0, 0.05) is 15.7 Å². The first-order valence-electron chi connectivity index (χ1n) is 6.31. The van der Waals surface area contributed by atoms with Crippen LogP contribution in [0.1, 0.15) is 17.2 Å². The van der Waals surface area contributed by atoms with Crippen LogP contribution in [0.25, 0.3) is 0 Å². The molecule has 2 aromatic rings. The molecule has 0 saturated heterocycles. The number of hydrogen-bond acceptors (Lipinski definition) is 3. The Morgan fingerprint density at radius 2 is 2.05 bits per heavy atom. The third kappa shape index (κ3) is 3.92. The van der Waals surface area contributed by atoms with Crippen LogP contribution in [0.3, 0.4) is 0 Å². The van der Waals surface area contributed by atoms with Gasteiger partial charge in [-0.15, -0.1) is 11.8 Å². The van der Waals surface area contributed by atoms with Crippen LogP contribution in [0.2, 0.25) is 5.02 Å². The van der Waals surface area contributed by atoms with Gasteiger partial charge in [-0.2, -0.15) is 0 Å². The molecule has 2 rings (SSSR count). The van der Waals surface area contributed by atoms with E-state index >= 15 is 0 Å². The van der Waals surface area contributed by atoms with Crippen molar-refractivity contribution in [3.63, 3.8) is 0 Å². The molecule has 0 spiro atoms. The first-order valence-corrected chi connectivity index (χ1v) is 7.67.